The molecule has 0 spiro atoms. The van der Waals surface area contributed by atoms with Gasteiger partial charge in [0.15, 0.2) is 0 Å². The van der Waals surface area contributed by atoms with Gasteiger partial charge in [0.1, 0.15) is 0 Å². The molecule has 1 aromatic heterocycles. The van der Waals surface area contributed by atoms with E-state index in [2.05, 4.69) is 34.7 Å². The summed E-state index contributed by atoms with van der Waals surface area (Å²) < 4.78 is 1.82. The summed E-state index contributed by atoms with van der Waals surface area (Å²) in [5.41, 5.74) is 2.44. The Morgan fingerprint density at radius 3 is 2.82 bits per heavy atom. The molecule has 0 aliphatic rings. The lowest BCUT2D eigenvalue weighted by Crippen LogP contribution is -2.12. The smallest absolute Gasteiger partial charge is 0.0534 e. The lowest BCUT2D eigenvalue weighted by atomic mass is 10.2. The molecule has 0 saturated heterocycles. The van der Waals surface area contributed by atoms with Crippen molar-refractivity contribution in [3.63, 3.8) is 0 Å². The lowest BCUT2D eigenvalue weighted by Gasteiger charge is -1.97. The molecule has 0 fully saturated rings. The number of aromatic nitrogens is 2. The van der Waals surface area contributed by atoms with Gasteiger partial charge in [-0.2, -0.15) is 5.10 Å². The highest BCUT2D eigenvalue weighted by Gasteiger charge is 1.93. The molecule has 0 bridgehead atoms. The second kappa shape index (κ2) is 6.01. The summed E-state index contributed by atoms with van der Waals surface area (Å²) >= 11 is 0. The minimum Gasteiger partial charge on any atom is -0.309 e. The Labute approximate surface area is 102 Å². The van der Waals surface area contributed by atoms with Crippen LogP contribution < -0.4 is 5.32 Å². The van der Waals surface area contributed by atoms with Crippen molar-refractivity contribution < 1.29 is 0 Å². The first kappa shape index (κ1) is 11.6. The van der Waals surface area contributed by atoms with Gasteiger partial charge in [0.25, 0.3) is 0 Å². The SMILES string of the molecule is Cn1cc(CNCC=Cc2ccccc2)cn1. The molecule has 0 unspecified atom stereocenters. The molecule has 0 aliphatic carbocycles. The second-order valence-corrected chi connectivity index (χ2v) is 3.97. The van der Waals surface area contributed by atoms with Crippen LogP contribution in [0.15, 0.2) is 48.8 Å². The normalized spacial score (nSPS) is 11.1. The van der Waals surface area contributed by atoms with Gasteiger partial charge in [-0.05, 0) is 5.56 Å². The summed E-state index contributed by atoms with van der Waals surface area (Å²) in [6, 6.07) is 10.3. The van der Waals surface area contributed by atoms with Crippen LogP contribution in [0.1, 0.15) is 11.1 Å². The molecule has 1 N–H and O–H groups in total. The van der Waals surface area contributed by atoms with E-state index in [4.69, 9.17) is 0 Å². The predicted molar refractivity (Wildman–Crippen MR) is 70.4 cm³/mol. The summed E-state index contributed by atoms with van der Waals surface area (Å²) in [5.74, 6) is 0. The number of benzene rings is 1. The van der Waals surface area contributed by atoms with E-state index in [9.17, 15) is 0 Å². The summed E-state index contributed by atoms with van der Waals surface area (Å²) in [7, 11) is 1.93. The highest BCUT2D eigenvalue weighted by atomic mass is 15.2. The van der Waals surface area contributed by atoms with Crippen molar-refractivity contribution in [3.8, 4) is 0 Å². The fraction of sp³-hybridized carbons (Fsp3) is 0.214. The van der Waals surface area contributed by atoms with Crippen LogP contribution in [0, 0.1) is 0 Å². The summed E-state index contributed by atoms with van der Waals surface area (Å²) in [6.45, 7) is 1.72. The van der Waals surface area contributed by atoms with Crippen molar-refractivity contribution in [1.29, 1.82) is 0 Å². The second-order valence-electron chi connectivity index (χ2n) is 3.97. The van der Waals surface area contributed by atoms with E-state index < -0.39 is 0 Å². The van der Waals surface area contributed by atoms with E-state index in [1.165, 1.54) is 11.1 Å². The maximum Gasteiger partial charge on any atom is 0.0534 e. The van der Waals surface area contributed by atoms with E-state index in [1.54, 1.807) is 0 Å². The zero-order valence-electron chi connectivity index (χ0n) is 10.0. The van der Waals surface area contributed by atoms with E-state index in [0.29, 0.717) is 0 Å². The molecule has 2 aromatic rings. The molecule has 0 amide bonds. The van der Waals surface area contributed by atoms with Crippen molar-refractivity contribution in [2.45, 2.75) is 6.54 Å². The van der Waals surface area contributed by atoms with Crippen molar-refractivity contribution in [3.05, 3.63) is 59.9 Å². The highest BCUT2D eigenvalue weighted by molar-refractivity contribution is 5.48. The largest absolute Gasteiger partial charge is 0.309 e. The molecule has 3 nitrogen and oxygen atoms in total. The zero-order valence-corrected chi connectivity index (χ0v) is 10.0. The minimum atomic E-state index is 0.854. The minimum absolute atomic E-state index is 0.854. The van der Waals surface area contributed by atoms with E-state index in [1.807, 2.05) is 42.3 Å². The van der Waals surface area contributed by atoms with Gasteiger partial charge in [-0.3, -0.25) is 4.68 Å². The fourth-order valence-electron chi connectivity index (χ4n) is 1.62. The van der Waals surface area contributed by atoms with Crippen LogP contribution in [0.4, 0.5) is 0 Å². The van der Waals surface area contributed by atoms with Crippen LogP contribution in [0.2, 0.25) is 0 Å². The molecule has 3 heteroatoms. The Kier molecular flexibility index (Phi) is 4.11. The highest BCUT2D eigenvalue weighted by Crippen LogP contribution is 2.00. The fourth-order valence-corrected chi connectivity index (χ4v) is 1.62. The molecule has 0 atom stereocenters. The zero-order chi connectivity index (χ0) is 11.9. The van der Waals surface area contributed by atoms with Crippen LogP contribution >= 0.6 is 0 Å². The van der Waals surface area contributed by atoms with E-state index >= 15 is 0 Å². The summed E-state index contributed by atoms with van der Waals surface area (Å²) in [4.78, 5) is 0. The Balaban J connectivity index is 1.71. The van der Waals surface area contributed by atoms with Crippen LogP contribution in [0.3, 0.4) is 0 Å². The molecule has 0 radical (unpaired) electrons. The van der Waals surface area contributed by atoms with E-state index in [-0.39, 0.29) is 0 Å². The number of rotatable bonds is 5. The monoisotopic (exact) mass is 227 g/mol. The number of hydrogen-bond donors (Lipinski definition) is 1. The summed E-state index contributed by atoms with van der Waals surface area (Å²) in [6.07, 6.45) is 8.16. The average Bonchev–Trinajstić information content (AvgIpc) is 2.76. The molecule has 1 aromatic carbocycles. The molecular weight excluding hydrogens is 210 g/mol. The number of nitrogens with zero attached hydrogens (tertiary/aromatic N) is 2. The predicted octanol–water partition coefficient (Wildman–Crippen LogP) is 2.22. The number of hydrogen-bond acceptors (Lipinski definition) is 2. The average molecular weight is 227 g/mol. The van der Waals surface area contributed by atoms with Crippen LogP contribution in [-0.2, 0) is 13.6 Å². The van der Waals surface area contributed by atoms with Gasteiger partial charge in [0.2, 0.25) is 0 Å². The van der Waals surface area contributed by atoms with Gasteiger partial charge < -0.3 is 5.32 Å². The van der Waals surface area contributed by atoms with Crippen LogP contribution in [0.25, 0.3) is 6.08 Å². The molecular formula is C14H17N3. The third-order valence-electron chi connectivity index (χ3n) is 2.46. The van der Waals surface area contributed by atoms with Crippen molar-refractivity contribution in [1.82, 2.24) is 15.1 Å². The maximum absolute atomic E-state index is 4.12. The standard InChI is InChI=1S/C14H17N3/c1-17-12-14(11-16-17)10-15-9-5-8-13-6-3-2-4-7-13/h2-8,11-12,15H,9-10H2,1H3. The maximum atomic E-state index is 4.12. The quantitative estimate of drug-likeness (QED) is 0.794. The van der Waals surface area contributed by atoms with Crippen molar-refractivity contribution in [2.24, 2.45) is 7.05 Å². The molecule has 0 saturated carbocycles. The van der Waals surface area contributed by atoms with Gasteiger partial charge in [0, 0.05) is 31.9 Å². The Hall–Kier alpha value is -1.87. The Morgan fingerprint density at radius 1 is 1.29 bits per heavy atom. The van der Waals surface area contributed by atoms with Gasteiger partial charge in [-0.1, -0.05) is 42.5 Å². The summed E-state index contributed by atoms with van der Waals surface area (Å²) in [5, 5.41) is 7.47. The third-order valence-corrected chi connectivity index (χ3v) is 2.46. The van der Waals surface area contributed by atoms with Gasteiger partial charge in [-0.25, -0.2) is 0 Å². The first-order valence-corrected chi connectivity index (χ1v) is 5.74. The molecule has 1 heterocycles. The number of aryl methyl sites for hydroxylation is 1. The van der Waals surface area contributed by atoms with Crippen molar-refractivity contribution >= 4 is 6.08 Å². The molecule has 0 aliphatic heterocycles. The topological polar surface area (TPSA) is 29.9 Å². The first-order valence-electron chi connectivity index (χ1n) is 5.74. The Morgan fingerprint density at radius 2 is 2.12 bits per heavy atom. The molecule has 2 rings (SSSR count). The molecule has 88 valence electrons. The van der Waals surface area contributed by atoms with Gasteiger partial charge >= 0.3 is 0 Å². The lowest BCUT2D eigenvalue weighted by molar-refractivity contribution is 0.751. The van der Waals surface area contributed by atoms with Gasteiger partial charge in [0.05, 0.1) is 6.20 Å². The van der Waals surface area contributed by atoms with Crippen LogP contribution in [-0.4, -0.2) is 16.3 Å². The molecule has 17 heavy (non-hydrogen) atoms. The first-order chi connectivity index (χ1) is 8.34. The van der Waals surface area contributed by atoms with Gasteiger partial charge in [-0.15, -0.1) is 0 Å². The van der Waals surface area contributed by atoms with Crippen LogP contribution in [0.5, 0.6) is 0 Å². The van der Waals surface area contributed by atoms with E-state index in [0.717, 1.165) is 13.1 Å². The number of nitrogens with one attached hydrogen (secondary N) is 1. The third kappa shape index (κ3) is 3.89. The Bertz CT molecular complexity index is 471. The van der Waals surface area contributed by atoms with Crippen molar-refractivity contribution in [2.75, 3.05) is 6.54 Å².